The van der Waals surface area contributed by atoms with Gasteiger partial charge in [-0.1, -0.05) is 32.0 Å². The van der Waals surface area contributed by atoms with Gasteiger partial charge in [0.05, 0.1) is 6.54 Å². The summed E-state index contributed by atoms with van der Waals surface area (Å²) in [6.45, 7) is 8.72. The number of nitrogens with zero attached hydrogens (tertiary/aromatic N) is 2. The lowest BCUT2D eigenvalue weighted by atomic mass is 10.1. The zero-order valence-electron chi connectivity index (χ0n) is 16.4. The number of hydrogen-bond acceptors (Lipinski definition) is 3. The van der Waals surface area contributed by atoms with E-state index in [0.717, 1.165) is 24.7 Å². The van der Waals surface area contributed by atoms with Gasteiger partial charge in [0.15, 0.2) is 5.96 Å². The first-order valence-electron chi connectivity index (χ1n) is 9.66. The van der Waals surface area contributed by atoms with E-state index in [0.29, 0.717) is 6.04 Å². The molecule has 0 aliphatic carbocycles. The third kappa shape index (κ3) is 8.12. The summed E-state index contributed by atoms with van der Waals surface area (Å²) in [5.74, 6) is 1.80. The Morgan fingerprint density at radius 2 is 1.92 bits per heavy atom. The van der Waals surface area contributed by atoms with Gasteiger partial charge in [0.2, 0.25) is 0 Å². The molecule has 2 rings (SSSR count). The van der Waals surface area contributed by atoms with Gasteiger partial charge in [-0.3, -0.25) is 4.99 Å². The Labute approximate surface area is 176 Å². The summed E-state index contributed by atoms with van der Waals surface area (Å²) in [5, 5.41) is 6.99. The lowest BCUT2D eigenvalue weighted by Gasteiger charge is -2.33. The second-order valence-electron chi connectivity index (χ2n) is 6.67. The maximum absolute atomic E-state index is 6.04. The van der Waals surface area contributed by atoms with Crippen LogP contribution in [0.5, 0.6) is 5.75 Å². The van der Waals surface area contributed by atoms with E-state index in [1.54, 1.807) is 0 Å². The van der Waals surface area contributed by atoms with Crippen molar-refractivity contribution in [2.75, 3.05) is 33.2 Å². The molecular formula is C20H35IN4O. The lowest BCUT2D eigenvalue weighted by molar-refractivity contribution is 0.197. The number of nitrogens with one attached hydrogen (secondary N) is 2. The summed E-state index contributed by atoms with van der Waals surface area (Å²) in [4.78, 5) is 6.93. The molecule has 1 fully saturated rings. The molecule has 1 aromatic rings. The molecule has 1 unspecified atom stereocenters. The highest BCUT2D eigenvalue weighted by atomic mass is 127. The minimum Gasteiger partial charge on any atom is -0.489 e. The Morgan fingerprint density at radius 1 is 1.23 bits per heavy atom. The van der Waals surface area contributed by atoms with Gasteiger partial charge >= 0.3 is 0 Å². The molecule has 1 aliphatic rings. The zero-order chi connectivity index (χ0) is 17.9. The molecule has 26 heavy (non-hydrogen) atoms. The molecule has 1 atom stereocenters. The zero-order valence-corrected chi connectivity index (χ0v) is 18.7. The van der Waals surface area contributed by atoms with Gasteiger partial charge in [-0.15, -0.1) is 24.0 Å². The van der Waals surface area contributed by atoms with Crippen molar-refractivity contribution in [1.82, 2.24) is 15.5 Å². The van der Waals surface area contributed by atoms with E-state index in [1.165, 1.54) is 38.9 Å². The van der Waals surface area contributed by atoms with Gasteiger partial charge in [0.1, 0.15) is 11.9 Å². The molecule has 1 saturated heterocycles. The monoisotopic (exact) mass is 474 g/mol. The molecular weight excluding hydrogens is 439 g/mol. The standard InChI is InChI=1S/C20H34N4O.HI/c1-4-13-24-14-11-17(12-15-24)23-20(21-3)22-16-18(5-2)25-19-9-7-6-8-10-19;/h6-10,17-18H,4-5,11-16H2,1-3H3,(H2,21,22,23);1H. The number of rotatable bonds is 8. The number of aliphatic imine (C=N–C) groups is 1. The van der Waals surface area contributed by atoms with Gasteiger partial charge < -0.3 is 20.3 Å². The third-order valence-corrected chi connectivity index (χ3v) is 4.69. The lowest BCUT2D eigenvalue weighted by Crippen LogP contribution is -2.50. The number of hydrogen-bond donors (Lipinski definition) is 2. The van der Waals surface area contributed by atoms with E-state index < -0.39 is 0 Å². The second kappa shape index (κ2) is 13.2. The smallest absolute Gasteiger partial charge is 0.191 e. The van der Waals surface area contributed by atoms with Crippen LogP contribution < -0.4 is 15.4 Å². The van der Waals surface area contributed by atoms with Crippen molar-refractivity contribution in [2.45, 2.75) is 51.7 Å². The molecule has 1 aromatic carbocycles. The maximum Gasteiger partial charge on any atom is 0.191 e. The van der Waals surface area contributed by atoms with E-state index in [-0.39, 0.29) is 30.1 Å². The molecule has 6 heteroatoms. The molecule has 0 bridgehead atoms. The number of likely N-dealkylation sites (tertiary alicyclic amines) is 1. The largest absolute Gasteiger partial charge is 0.489 e. The minimum atomic E-state index is 0. The fraction of sp³-hybridized carbons (Fsp3) is 0.650. The van der Waals surface area contributed by atoms with Crippen LogP contribution in [0, 0.1) is 0 Å². The fourth-order valence-electron chi connectivity index (χ4n) is 3.18. The molecule has 1 heterocycles. The number of halogens is 1. The van der Waals surface area contributed by atoms with Gasteiger partial charge in [-0.25, -0.2) is 0 Å². The predicted octanol–water partition coefficient (Wildman–Crippen LogP) is 3.50. The van der Waals surface area contributed by atoms with Gasteiger partial charge in [0.25, 0.3) is 0 Å². The average Bonchev–Trinajstić information content (AvgIpc) is 2.66. The molecule has 0 saturated carbocycles. The number of guanidine groups is 1. The molecule has 148 valence electrons. The van der Waals surface area contributed by atoms with Crippen LogP contribution in [-0.4, -0.2) is 56.2 Å². The molecule has 5 nitrogen and oxygen atoms in total. The van der Waals surface area contributed by atoms with Crippen LogP contribution in [0.4, 0.5) is 0 Å². The van der Waals surface area contributed by atoms with Crippen molar-refractivity contribution >= 4 is 29.9 Å². The van der Waals surface area contributed by atoms with Crippen molar-refractivity contribution < 1.29 is 4.74 Å². The van der Waals surface area contributed by atoms with Crippen molar-refractivity contribution in [3.63, 3.8) is 0 Å². The Bertz CT molecular complexity index is 504. The Morgan fingerprint density at radius 3 is 2.50 bits per heavy atom. The molecule has 0 spiro atoms. The fourth-order valence-corrected chi connectivity index (χ4v) is 3.18. The Kier molecular flexibility index (Phi) is 11.7. The van der Waals surface area contributed by atoms with E-state index in [2.05, 4.69) is 34.4 Å². The highest BCUT2D eigenvalue weighted by molar-refractivity contribution is 14.0. The summed E-state index contributed by atoms with van der Waals surface area (Å²) in [6, 6.07) is 10.5. The molecule has 0 radical (unpaired) electrons. The van der Waals surface area contributed by atoms with Crippen LogP contribution in [0.25, 0.3) is 0 Å². The van der Waals surface area contributed by atoms with Crippen molar-refractivity contribution in [3.05, 3.63) is 30.3 Å². The average molecular weight is 474 g/mol. The summed E-state index contributed by atoms with van der Waals surface area (Å²) >= 11 is 0. The van der Waals surface area contributed by atoms with Crippen LogP contribution in [-0.2, 0) is 0 Å². The van der Waals surface area contributed by atoms with Crippen LogP contribution >= 0.6 is 24.0 Å². The summed E-state index contributed by atoms with van der Waals surface area (Å²) in [6.07, 6.45) is 4.68. The van der Waals surface area contributed by atoms with Crippen LogP contribution in [0.3, 0.4) is 0 Å². The van der Waals surface area contributed by atoms with Crippen molar-refractivity contribution in [1.29, 1.82) is 0 Å². The van der Waals surface area contributed by atoms with E-state index in [9.17, 15) is 0 Å². The normalized spacial score (nSPS) is 17.3. The maximum atomic E-state index is 6.04. The SMILES string of the molecule is CCCN1CCC(NC(=NC)NCC(CC)Oc2ccccc2)CC1.I. The van der Waals surface area contributed by atoms with Crippen molar-refractivity contribution in [2.24, 2.45) is 4.99 Å². The van der Waals surface area contributed by atoms with Crippen molar-refractivity contribution in [3.8, 4) is 5.75 Å². The first kappa shape index (κ1) is 23.0. The predicted molar refractivity (Wildman–Crippen MR) is 121 cm³/mol. The van der Waals surface area contributed by atoms with Gasteiger partial charge in [0, 0.05) is 26.2 Å². The third-order valence-electron chi connectivity index (χ3n) is 4.69. The summed E-state index contributed by atoms with van der Waals surface area (Å²) < 4.78 is 6.04. The molecule has 0 amide bonds. The summed E-state index contributed by atoms with van der Waals surface area (Å²) in [5.41, 5.74) is 0. The first-order valence-corrected chi connectivity index (χ1v) is 9.66. The minimum absolute atomic E-state index is 0. The number of ether oxygens (including phenoxy) is 1. The number of piperidine rings is 1. The van der Waals surface area contributed by atoms with E-state index in [4.69, 9.17) is 4.74 Å². The van der Waals surface area contributed by atoms with Crippen LogP contribution in [0.15, 0.2) is 35.3 Å². The van der Waals surface area contributed by atoms with Gasteiger partial charge in [-0.2, -0.15) is 0 Å². The molecule has 2 N–H and O–H groups in total. The van der Waals surface area contributed by atoms with Crippen LogP contribution in [0.2, 0.25) is 0 Å². The van der Waals surface area contributed by atoms with Crippen LogP contribution in [0.1, 0.15) is 39.5 Å². The molecule has 0 aromatic heterocycles. The number of para-hydroxylation sites is 1. The van der Waals surface area contributed by atoms with Gasteiger partial charge in [-0.05, 0) is 44.4 Å². The Hall–Kier alpha value is -1.02. The number of benzene rings is 1. The quantitative estimate of drug-likeness (QED) is 0.344. The highest BCUT2D eigenvalue weighted by Crippen LogP contribution is 2.12. The van der Waals surface area contributed by atoms with E-state index >= 15 is 0 Å². The molecule has 1 aliphatic heterocycles. The topological polar surface area (TPSA) is 48.9 Å². The first-order chi connectivity index (χ1) is 12.2. The Balaban J connectivity index is 0.00000338. The summed E-state index contributed by atoms with van der Waals surface area (Å²) in [7, 11) is 1.83. The highest BCUT2D eigenvalue weighted by Gasteiger charge is 2.19. The van der Waals surface area contributed by atoms with E-state index in [1.807, 2.05) is 37.4 Å². The second-order valence-corrected chi connectivity index (χ2v) is 6.67.